The summed E-state index contributed by atoms with van der Waals surface area (Å²) in [5, 5.41) is 22.6. The fourth-order valence-electron chi connectivity index (χ4n) is 10.9. The maximum Gasteiger partial charge on any atom is 0.319 e. The van der Waals surface area contributed by atoms with Gasteiger partial charge in [-0.05, 0) is 202 Å². The largest absolute Gasteiger partial charge is 0.356 e. The molecule has 2 aromatic carbocycles. The predicted octanol–water partition coefficient (Wildman–Crippen LogP) is 11.9. The first kappa shape index (κ1) is 52.3. The lowest BCUT2D eigenvalue weighted by Gasteiger charge is -2.27. The van der Waals surface area contributed by atoms with Crippen LogP contribution >= 0.6 is 0 Å². The minimum atomic E-state index is -0.476. The second-order valence-corrected chi connectivity index (χ2v) is 22.5. The van der Waals surface area contributed by atoms with E-state index >= 15 is 0 Å². The molecule has 16 heteroatoms. The van der Waals surface area contributed by atoms with Gasteiger partial charge in [0.1, 0.15) is 17.5 Å². The third-order valence-electron chi connectivity index (χ3n) is 16.5. The Morgan fingerprint density at radius 1 is 0.816 bits per heavy atom. The Morgan fingerprint density at radius 2 is 1.58 bits per heavy atom. The Kier molecular flexibility index (Phi) is 15.5. The number of benzene rings is 2. The number of aryl methyl sites for hydroxylation is 2. The number of carbonyl (C=O) groups excluding carboxylic acids is 3. The van der Waals surface area contributed by atoms with Crippen LogP contribution in [0, 0.1) is 42.8 Å². The number of piperidine rings is 1. The summed E-state index contributed by atoms with van der Waals surface area (Å²) in [6.07, 6.45) is 15.6. The molecule has 3 unspecified atom stereocenters. The maximum atomic E-state index is 14.8. The summed E-state index contributed by atoms with van der Waals surface area (Å²) < 4.78 is 17.0. The molecule has 7 heterocycles. The zero-order valence-corrected chi connectivity index (χ0v) is 44.9. The van der Waals surface area contributed by atoms with Crippen LogP contribution in [0.4, 0.5) is 37.0 Å². The number of carbonyl (C=O) groups is 3. The number of nitrogens with zero attached hydrogens (tertiary/aromatic N) is 6. The molecule has 2 aliphatic carbocycles. The number of hydrogen-bond donors (Lipinski definition) is 6. The Balaban J connectivity index is 0.000000173. The molecule has 4 aromatic heterocycles. The lowest BCUT2D eigenvalue weighted by atomic mass is 9.82. The highest BCUT2D eigenvalue weighted by Gasteiger charge is 2.36. The quantitative estimate of drug-likeness (QED) is 0.0777. The molecule has 11 rings (SSSR count). The molecule has 3 atom stereocenters. The van der Waals surface area contributed by atoms with Gasteiger partial charge in [-0.2, -0.15) is 5.10 Å². The number of anilines is 4. The van der Waals surface area contributed by atoms with Crippen LogP contribution in [0.5, 0.6) is 0 Å². The Hall–Kier alpha value is -7.20. The van der Waals surface area contributed by atoms with Crippen LogP contribution in [0.25, 0.3) is 44.8 Å². The van der Waals surface area contributed by atoms with Crippen molar-refractivity contribution in [1.82, 2.24) is 40.7 Å². The fourth-order valence-corrected chi connectivity index (χ4v) is 10.9. The second-order valence-electron chi connectivity index (χ2n) is 22.5. The molecule has 4 fully saturated rings. The molecule has 3 aliphatic heterocycles. The number of urea groups is 2. The predicted molar refractivity (Wildman–Crippen MR) is 300 cm³/mol. The fraction of sp³-hybridized carbons (Fsp3) is 0.450. The van der Waals surface area contributed by atoms with Crippen molar-refractivity contribution in [2.45, 2.75) is 111 Å². The standard InChI is InChI=1S/C31H41N7O.C29H32FN5O2/c1-20-6-12-33-31(39)35-26-5-4-21(2)28(16-26)24-14-29(25-17-34-38(19-25)27-7-10-32-11-8-27)36-30(15-24)37-13-9-23(18-37)22(20)3;1-17-12-23(30)26(35-28(37)32-11-9-29(3)7-8-29)16-22(17)21-13-24(19-4-5-19)34-25(14-21)20-6-10-31-27(15-20)33-18(2)36/h4-5,14-17,19-20,22-23,27,32H,6-13,18H2,1-3H3,(H2,33,35,39);6,10,12-16,19H,4-5,7-9,11H2,1-3H3,(H,31,33,36)(H2,32,35,37). The number of aromatic nitrogens is 5. The SMILES string of the molecule is CC(=O)Nc1cc(-c2cc(-c3cc(NC(=O)NCCC4(C)CC4)c(F)cc3C)cc(C3CC3)n2)ccn1.Cc1ccc2cc1-c1cc(-c3cnn(C4CCNCC4)c3)nc(c1)N1CCC(C1)C(C)C(C)CCNC(=O)N2. The van der Waals surface area contributed by atoms with Gasteiger partial charge in [0.15, 0.2) is 0 Å². The van der Waals surface area contributed by atoms with Gasteiger partial charge >= 0.3 is 12.1 Å². The van der Waals surface area contributed by atoms with Crippen LogP contribution in [-0.2, 0) is 4.79 Å². The Bertz CT molecular complexity index is 3110. The van der Waals surface area contributed by atoms with Crippen LogP contribution < -0.4 is 36.8 Å². The van der Waals surface area contributed by atoms with E-state index in [0.29, 0.717) is 54.0 Å². The van der Waals surface area contributed by atoms with E-state index in [9.17, 15) is 18.8 Å². The van der Waals surface area contributed by atoms with E-state index in [4.69, 9.17) is 15.1 Å². The van der Waals surface area contributed by atoms with Gasteiger partial charge in [0.25, 0.3) is 0 Å². The summed E-state index contributed by atoms with van der Waals surface area (Å²) in [6.45, 7) is 17.7. The summed E-state index contributed by atoms with van der Waals surface area (Å²) >= 11 is 0. The van der Waals surface area contributed by atoms with Gasteiger partial charge in [0.05, 0.1) is 29.3 Å². The van der Waals surface area contributed by atoms with Gasteiger partial charge in [-0.25, -0.2) is 23.9 Å². The second kappa shape index (κ2) is 22.6. The Morgan fingerprint density at radius 3 is 2.34 bits per heavy atom. The van der Waals surface area contributed by atoms with Crippen LogP contribution in [0.1, 0.15) is 114 Å². The number of rotatable bonds is 10. The van der Waals surface area contributed by atoms with Crippen molar-refractivity contribution in [2.24, 2.45) is 23.2 Å². The third-order valence-corrected chi connectivity index (χ3v) is 16.5. The van der Waals surface area contributed by atoms with Gasteiger partial charge in [-0.15, -0.1) is 0 Å². The van der Waals surface area contributed by atoms with Gasteiger partial charge in [0, 0.05) is 73.9 Å². The van der Waals surface area contributed by atoms with Crippen LogP contribution in [-0.4, -0.2) is 82.0 Å². The topological polar surface area (TPSA) is 183 Å². The molecular weight excluding hydrogens is 956 g/mol. The molecule has 0 radical (unpaired) electrons. The molecule has 6 aromatic rings. The first-order valence-corrected chi connectivity index (χ1v) is 27.4. The monoisotopic (exact) mass is 1030 g/mol. The van der Waals surface area contributed by atoms with Gasteiger partial charge < -0.3 is 36.8 Å². The number of amides is 5. The van der Waals surface area contributed by atoms with Crippen molar-refractivity contribution in [1.29, 1.82) is 0 Å². The lowest BCUT2D eigenvalue weighted by molar-refractivity contribution is -0.114. The molecule has 5 amide bonds. The molecule has 76 heavy (non-hydrogen) atoms. The van der Waals surface area contributed by atoms with Crippen molar-refractivity contribution in [2.75, 3.05) is 60.1 Å². The maximum absolute atomic E-state index is 14.8. The molecular formula is C60H73FN12O3. The van der Waals surface area contributed by atoms with Crippen molar-refractivity contribution < 1.29 is 18.8 Å². The van der Waals surface area contributed by atoms with Crippen LogP contribution in [0.3, 0.4) is 0 Å². The number of hydrogen-bond acceptors (Lipinski definition) is 9. The molecule has 6 N–H and O–H groups in total. The highest BCUT2D eigenvalue weighted by molar-refractivity contribution is 5.92. The van der Waals surface area contributed by atoms with E-state index in [1.807, 2.05) is 31.3 Å². The summed E-state index contributed by atoms with van der Waals surface area (Å²) in [6, 6.07) is 21.2. The third kappa shape index (κ3) is 12.7. The number of halogens is 1. The molecule has 5 aliphatic rings. The van der Waals surface area contributed by atoms with Gasteiger partial charge in [-0.1, -0.05) is 26.8 Å². The lowest BCUT2D eigenvalue weighted by Crippen LogP contribution is -2.32. The molecule has 398 valence electrons. The highest BCUT2D eigenvalue weighted by Crippen LogP contribution is 2.48. The first-order valence-electron chi connectivity index (χ1n) is 27.4. The zero-order chi connectivity index (χ0) is 53.1. The van der Waals surface area contributed by atoms with E-state index in [-0.39, 0.29) is 17.6 Å². The number of pyridine rings is 3. The first-order chi connectivity index (χ1) is 36.6. The number of nitrogens with one attached hydrogen (secondary N) is 6. The molecule has 2 saturated heterocycles. The summed E-state index contributed by atoms with van der Waals surface area (Å²) in [7, 11) is 0. The van der Waals surface area contributed by atoms with Crippen LogP contribution in [0.15, 0.2) is 85.3 Å². The number of fused-ring (bicyclic) bond motifs is 8. The smallest absolute Gasteiger partial charge is 0.319 e. The van der Waals surface area contributed by atoms with E-state index < -0.39 is 11.8 Å². The average molecular weight is 1030 g/mol. The zero-order valence-electron chi connectivity index (χ0n) is 44.9. The van der Waals surface area contributed by atoms with E-state index in [0.717, 1.165) is 138 Å². The van der Waals surface area contributed by atoms with E-state index in [1.54, 1.807) is 18.3 Å². The van der Waals surface area contributed by atoms with E-state index in [1.165, 1.54) is 32.3 Å². The molecule has 0 spiro atoms. The minimum Gasteiger partial charge on any atom is -0.356 e. The van der Waals surface area contributed by atoms with Crippen molar-refractivity contribution in [3.8, 4) is 44.8 Å². The van der Waals surface area contributed by atoms with Gasteiger partial charge in [-0.3, -0.25) is 14.5 Å². The highest BCUT2D eigenvalue weighted by atomic mass is 19.1. The molecule has 2 saturated carbocycles. The normalized spacial score (nSPS) is 20.1. The van der Waals surface area contributed by atoms with Crippen LogP contribution in [0.2, 0.25) is 0 Å². The summed E-state index contributed by atoms with van der Waals surface area (Å²) in [4.78, 5) is 53.4. The van der Waals surface area contributed by atoms with Gasteiger partial charge in [0.2, 0.25) is 5.91 Å². The molecule has 6 bridgehead atoms. The average Bonchev–Trinajstić information content (AvgIpc) is 4.28. The van der Waals surface area contributed by atoms with E-state index in [2.05, 4.69) is 111 Å². The van der Waals surface area contributed by atoms with Crippen molar-refractivity contribution in [3.05, 3.63) is 108 Å². The Labute approximate surface area is 446 Å². The summed E-state index contributed by atoms with van der Waals surface area (Å²) in [5.74, 6) is 2.93. The van der Waals surface area contributed by atoms with Crippen molar-refractivity contribution >= 4 is 41.0 Å². The van der Waals surface area contributed by atoms with Crippen molar-refractivity contribution in [3.63, 3.8) is 0 Å². The minimum absolute atomic E-state index is 0.138. The summed E-state index contributed by atoms with van der Waals surface area (Å²) in [5.41, 5.74) is 11.7. The molecule has 15 nitrogen and oxygen atoms in total.